The first-order valence-electron chi connectivity index (χ1n) is 7.04. The molecule has 0 bridgehead atoms. The number of aromatic nitrogens is 1. The summed E-state index contributed by atoms with van der Waals surface area (Å²) in [7, 11) is 0. The summed E-state index contributed by atoms with van der Waals surface area (Å²) >= 11 is 5.94. The molecule has 2 rings (SSSR count). The Bertz CT molecular complexity index is 484. The molecule has 1 fully saturated rings. The van der Waals surface area contributed by atoms with Crippen molar-refractivity contribution in [3.05, 3.63) is 23.5 Å². The lowest BCUT2D eigenvalue weighted by Crippen LogP contribution is -2.41. The van der Waals surface area contributed by atoms with Crippen LogP contribution in [0.25, 0.3) is 0 Å². The SMILES string of the molecule is CC(C)(C)C(=O)N1CCCN(c2ccnc(Cl)c2)CC1. The fraction of sp³-hybridized carbons (Fsp3) is 0.600. The average molecular weight is 296 g/mol. The topological polar surface area (TPSA) is 36.4 Å². The lowest BCUT2D eigenvalue weighted by Gasteiger charge is -2.28. The summed E-state index contributed by atoms with van der Waals surface area (Å²) in [6, 6.07) is 3.84. The van der Waals surface area contributed by atoms with E-state index in [1.165, 1.54) is 0 Å². The highest BCUT2D eigenvalue weighted by atomic mass is 35.5. The molecule has 4 nitrogen and oxygen atoms in total. The quantitative estimate of drug-likeness (QED) is 0.748. The Balaban J connectivity index is 2.04. The fourth-order valence-electron chi connectivity index (χ4n) is 2.44. The third kappa shape index (κ3) is 3.63. The number of pyridine rings is 1. The van der Waals surface area contributed by atoms with Crippen molar-refractivity contribution in [1.82, 2.24) is 9.88 Å². The summed E-state index contributed by atoms with van der Waals surface area (Å²) in [5, 5.41) is 0.509. The van der Waals surface area contributed by atoms with Gasteiger partial charge in [-0.2, -0.15) is 0 Å². The van der Waals surface area contributed by atoms with E-state index in [-0.39, 0.29) is 11.3 Å². The number of halogens is 1. The number of nitrogens with zero attached hydrogens (tertiary/aromatic N) is 3. The maximum atomic E-state index is 12.3. The highest BCUT2D eigenvalue weighted by molar-refractivity contribution is 6.29. The molecule has 1 aromatic heterocycles. The van der Waals surface area contributed by atoms with Crippen molar-refractivity contribution in [2.75, 3.05) is 31.1 Å². The third-order valence-electron chi connectivity index (χ3n) is 3.50. The molecule has 1 aliphatic heterocycles. The molecule has 0 spiro atoms. The van der Waals surface area contributed by atoms with Crippen LogP contribution >= 0.6 is 11.6 Å². The number of carbonyl (C=O) groups is 1. The molecular weight excluding hydrogens is 274 g/mol. The van der Waals surface area contributed by atoms with Crippen LogP contribution in [0.2, 0.25) is 5.15 Å². The second-order valence-electron chi connectivity index (χ2n) is 6.22. The van der Waals surface area contributed by atoms with Gasteiger partial charge in [0, 0.05) is 43.5 Å². The second kappa shape index (κ2) is 6.00. The van der Waals surface area contributed by atoms with E-state index >= 15 is 0 Å². The van der Waals surface area contributed by atoms with Crippen molar-refractivity contribution in [3.63, 3.8) is 0 Å². The van der Waals surface area contributed by atoms with E-state index in [2.05, 4.69) is 9.88 Å². The number of carbonyl (C=O) groups excluding carboxylic acids is 1. The van der Waals surface area contributed by atoms with Crippen LogP contribution in [0.4, 0.5) is 5.69 Å². The Morgan fingerprint density at radius 1 is 1.25 bits per heavy atom. The Hall–Kier alpha value is -1.29. The number of rotatable bonds is 1. The monoisotopic (exact) mass is 295 g/mol. The van der Waals surface area contributed by atoms with Gasteiger partial charge in [0.1, 0.15) is 5.15 Å². The fourth-order valence-corrected chi connectivity index (χ4v) is 2.61. The average Bonchev–Trinajstić information content (AvgIpc) is 2.62. The van der Waals surface area contributed by atoms with E-state index in [4.69, 9.17) is 11.6 Å². The highest BCUT2D eigenvalue weighted by Crippen LogP contribution is 2.22. The van der Waals surface area contributed by atoms with Crippen LogP contribution in [0, 0.1) is 5.41 Å². The van der Waals surface area contributed by atoms with Gasteiger partial charge in [0.2, 0.25) is 5.91 Å². The summed E-state index contributed by atoms with van der Waals surface area (Å²) in [5.74, 6) is 0.229. The Kier molecular flexibility index (Phi) is 4.53. The number of hydrogen-bond acceptors (Lipinski definition) is 3. The largest absolute Gasteiger partial charge is 0.370 e. The molecule has 1 amide bonds. The lowest BCUT2D eigenvalue weighted by atomic mass is 9.94. The number of amides is 1. The van der Waals surface area contributed by atoms with Gasteiger partial charge in [-0.3, -0.25) is 4.79 Å². The van der Waals surface area contributed by atoms with Crippen LogP contribution in [0.5, 0.6) is 0 Å². The zero-order valence-electron chi connectivity index (χ0n) is 12.4. The van der Waals surface area contributed by atoms with Gasteiger partial charge in [-0.15, -0.1) is 0 Å². The van der Waals surface area contributed by atoms with Gasteiger partial charge in [0.25, 0.3) is 0 Å². The molecule has 0 N–H and O–H groups in total. The van der Waals surface area contributed by atoms with E-state index in [9.17, 15) is 4.79 Å². The first-order chi connectivity index (χ1) is 9.38. The van der Waals surface area contributed by atoms with Crippen LogP contribution in [-0.2, 0) is 4.79 Å². The zero-order valence-corrected chi connectivity index (χ0v) is 13.2. The van der Waals surface area contributed by atoms with Crippen LogP contribution in [0.1, 0.15) is 27.2 Å². The molecule has 1 aromatic rings. The van der Waals surface area contributed by atoms with Crippen LogP contribution in [-0.4, -0.2) is 42.0 Å². The predicted octanol–water partition coefficient (Wildman–Crippen LogP) is 2.82. The molecule has 0 unspecified atom stereocenters. The maximum Gasteiger partial charge on any atom is 0.228 e. The normalized spacial score (nSPS) is 17.0. The van der Waals surface area contributed by atoms with Crippen LogP contribution in [0.15, 0.2) is 18.3 Å². The molecule has 0 atom stereocenters. The van der Waals surface area contributed by atoms with E-state index in [1.54, 1.807) is 6.20 Å². The third-order valence-corrected chi connectivity index (χ3v) is 3.71. The minimum absolute atomic E-state index is 0.229. The molecule has 0 aliphatic carbocycles. The Morgan fingerprint density at radius 2 is 2.00 bits per heavy atom. The van der Waals surface area contributed by atoms with Crippen LogP contribution < -0.4 is 4.90 Å². The van der Waals surface area contributed by atoms with Gasteiger partial charge >= 0.3 is 0 Å². The minimum atomic E-state index is -0.310. The van der Waals surface area contributed by atoms with Gasteiger partial charge in [0.15, 0.2) is 0 Å². The summed E-state index contributed by atoms with van der Waals surface area (Å²) in [4.78, 5) is 20.6. The van der Waals surface area contributed by atoms with Gasteiger partial charge in [-0.05, 0) is 18.6 Å². The maximum absolute atomic E-state index is 12.3. The molecule has 2 heterocycles. The van der Waals surface area contributed by atoms with Crippen LogP contribution in [0.3, 0.4) is 0 Å². The van der Waals surface area contributed by atoms with Crippen molar-refractivity contribution in [2.24, 2.45) is 5.41 Å². The molecule has 20 heavy (non-hydrogen) atoms. The molecule has 0 saturated carbocycles. The van der Waals surface area contributed by atoms with Gasteiger partial charge in [0.05, 0.1) is 0 Å². The lowest BCUT2D eigenvalue weighted by molar-refractivity contribution is -0.139. The summed E-state index contributed by atoms with van der Waals surface area (Å²) in [6.07, 6.45) is 2.70. The molecule has 110 valence electrons. The summed E-state index contributed by atoms with van der Waals surface area (Å²) in [6.45, 7) is 9.28. The molecular formula is C15H22ClN3O. The molecule has 0 aromatic carbocycles. The van der Waals surface area contributed by atoms with Crippen molar-refractivity contribution in [3.8, 4) is 0 Å². The molecule has 1 saturated heterocycles. The van der Waals surface area contributed by atoms with Crippen molar-refractivity contribution in [2.45, 2.75) is 27.2 Å². The Morgan fingerprint density at radius 3 is 2.65 bits per heavy atom. The van der Waals surface area contributed by atoms with E-state index in [1.807, 2.05) is 37.8 Å². The first-order valence-corrected chi connectivity index (χ1v) is 7.41. The van der Waals surface area contributed by atoms with Crippen molar-refractivity contribution >= 4 is 23.2 Å². The van der Waals surface area contributed by atoms with Crippen molar-refractivity contribution < 1.29 is 4.79 Å². The predicted molar refractivity (Wildman–Crippen MR) is 82.1 cm³/mol. The van der Waals surface area contributed by atoms with Gasteiger partial charge in [-0.25, -0.2) is 4.98 Å². The smallest absolute Gasteiger partial charge is 0.228 e. The molecule has 0 radical (unpaired) electrons. The zero-order chi connectivity index (χ0) is 14.8. The molecule has 1 aliphatic rings. The Labute approximate surface area is 125 Å². The second-order valence-corrected chi connectivity index (χ2v) is 6.61. The highest BCUT2D eigenvalue weighted by Gasteiger charge is 2.28. The van der Waals surface area contributed by atoms with E-state index in [0.717, 1.165) is 38.3 Å². The number of anilines is 1. The van der Waals surface area contributed by atoms with Gasteiger partial charge < -0.3 is 9.80 Å². The standard InChI is InChI=1S/C15H22ClN3O/c1-15(2,3)14(20)19-8-4-7-18(9-10-19)12-5-6-17-13(16)11-12/h5-6,11H,4,7-10H2,1-3H3. The number of hydrogen-bond donors (Lipinski definition) is 0. The summed E-state index contributed by atoms with van der Waals surface area (Å²) < 4.78 is 0. The van der Waals surface area contributed by atoms with Crippen molar-refractivity contribution in [1.29, 1.82) is 0 Å². The van der Waals surface area contributed by atoms with E-state index in [0.29, 0.717) is 5.15 Å². The van der Waals surface area contributed by atoms with Gasteiger partial charge in [-0.1, -0.05) is 32.4 Å². The summed E-state index contributed by atoms with van der Waals surface area (Å²) in [5.41, 5.74) is 0.768. The molecule has 5 heteroatoms. The minimum Gasteiger partial charge on any atom is -0.370 e. The first kappa shape index (κ1) is 15.1. The van der Waals surface area contributed by atoms with E-state index < -0.39 is 0 Å².